The van der Waals surface area contributed by atoms with Crippen molar-refractivity contribution < 1.29 is 22.4 Å². The molecule has 190 valence electrons. The van der Waals surface area contributed by atoms with Crippen LogP contribution in [-0.2, 0) is 15.0 Å². The van der Waals surface area contributed by atoms with Crippen molar-refractivity contribution in [1.29, 1.82) is 0 Å². The molecule has 2 aliphatic heterocycles. The predicted molar refractivity (Wildman–Crippen MR) is 127 cm³/mol. The molecule has 11 heteroatoms. The van der Waals surface area contributed by atoms with Crippen molar-refractivity contribution in [1.82, 2.24) is 23.3 Å². The summed E-state index contributed by atoms with van der Waals surface area (Å²) in [6.07, 6.45) is 6.70. The maximum absolute atomic E-state index is 13.1. The van der Waals surface area contributed by atoms with E-state index in [-0.39, 0.29) is 23.9 Å². The molecule has 1 aromatic heterocycles. The first-order chi connectivity index (χ1) is 16.3. The normalized spacial score (nSPS) is 22.8. The van der Waals surface area contributed by atoms with Gasteiger partial charge in [-0.15, -0.1) is 0 Å². The zero-order valence-corrected chi connectivity index (χ0v) is 21.1. The molecule has 1 saturated carbocycles. The third kappa shape index (κ3) is 5.32. The maximum Gasteiger partial charge on any atom is 0.289 e. The van der Waals surface area contributed by atoms with Gasteiger partial charge >= 0.3 is 0 Å². The summed E-state index contributed by atoms with van der Waals surface area (Å²) in [6.45, 7) is 5.64. The lowest BCUT2D eigenvalue weighted by Crippen LogP contribution is -2.59. The zero-order valence-electron chi connectivity index (χ0n) is 20.3. The fraction of sp³-hybridized carbons (Fsp3) is 0.739. The van der Waals surface area contributed by atoms with Gasteiger partial charge in [0.15, 0.2) is 5.76 Å². The quantitative estimate of drug-likeness (QED) is 0.586. The smallest absolute Gasteiger partial charge is 0.289 e. The standard InChI is InChI=1S/C23H37N5O5S/c1-19(22(29)26-10-12-27(13-11-26)23(30)21-9-6-18-33-21)25-14-16-28(17-15-25)34(31,32)24(2)20-7-4-3-5-8-20/h6,9,18-20H,3-5,7-8,10-17H2,1-2H3. The van der Waals surface area contributed by atoms with Crippen molar-refractivity contribution in [2.75, 3.05) is 59.4 Å². The molecular formula is C23H37N5O5S. The summed E-state index contributed by atoms with van der Waals surface area (Å²) in [6, 6.07) is 3.10. The Morgan fingerprint density at radius 2 is 1.59 bits per heavy atom. The highest BCUT2D eigenvalue weighted by atomic mass is 32.2. The fourth-order valence-electron chi connectivity index (χ4n) is 5.24. The van der Waals surface area contributed by atoms with Crippen molar-refractivity contribution in [3.05, 3.63) is 24.2 Å². The Morgan fingerprint density at radius 1 is 0.971 bits per heavy atom. The molecule has 1 unspecified atom stereocenters. The van der Waals surface area contributed by atoms with Gasteiger partial charge in [0, 0.05) is 65.4 Å². The number of carbonyl (C=O) groups excluding carboxylic acids is 2. The molecule has 10 nitrogen and oxygen atoms in total. The molecule has 3 fully saturated rings. The third-order valence-electron chi connectivity index (χ3n) is 7.57. The number of carbonyl (C=O) groups is 2. The lowest BCUT2D eigenvalue weighted by atomic mass is 9.96. The van der Waals surface area contributed by atoms with Gasteiger partial charge in [-0.2, -0.15) is 17.0 Å². The molecule has 4 rings (SSSR count). The summed E-state index contributed by atoms with van der Waals surface area (Å²) >= 11 is 0. The van der Waals surface area contributed by atoms with Crippen LogP contribution in [0, 0.1) is 0 Å². The summed E-state index contributed by atoms with van der Waals surface area (Å²) in [5.74, 6) is 0.191. The minimum absolute atomic E-state index is 0.0285. The summed E-state index contributed by atoms with van der Waals surface area (Å²) in [7, 11) is -1.78. The molecule has 34 heavy (non-hydrogen) atoms. The molecule has 0 spiro atoms. The second kappa shape index (κ2) is 10.8. The summed E-state index contributed by atoms with van der Waals surface area (Å²) < 4.78 is 34.6. The van der Waals surface area contributed by atoms with Crippen LogP contribution in [0.4, 0.5) is 0 Å². The molecule has 2 saturated heterocycles. The van der Waals surface area contributed by atoms with Crippen LogP contribution in [0.2, 0.25) is 0 Å². The molecule has 3 heterocycles. The fourth-order valence-corrected chi connectivity index (χ4v) is 6.82. The zero-order chi connectivity index (χ0) is 24.3. The van der Waals surface area contributed by atoms with Crippen LogP contribution in [0.3, 0.4) is 0 Å². The monoisotopic (exact) mass is 495 g/mol. The molecule has 1 aromatic rings. The summed E-state index contributed by atoms with van der Waals surface area (Å²) in [4.78, 5) is 31.1. The molecule has 0 radical (unpaired) electrons. The van der Waals surface area contributed by atoms with E-state index in [2.05, 4.69) is 4.90 Å². The topological polar surface area (TPSA) is 97.6 Å². The van der Waals surface area contributed by atoms with Gasteiger partial charge in [0.2, 0.25) is 5.91 Å². The molecule has 2 amide bonds. The highest BCUT2D eigenvalue weighted by Crippen LogP contribution is 2.25. The Kier molecular flexibility index (Phi) is 7.96. The molecule has 0 N–H and O–H groups in total. The number of hydrogen-bond acceptors (Lipinski definition) is 6. The SMILES string of the molecule is CC(C(=O)N1CCN(C(=O)c2ccco2)CC1)N1CCN(S(=O)(=O)N(C)C2CCCCC2)CC1. The van der Waals surface area contributed by atoms with E-state index in [0.29, 0.717) is 58.1 Å². The van der Waals surface area contributed by atoms with E-state index in [1.54, 1.807) is 37.6 Å². The van der Waals surface area contributed by atoms with E-state index < -0.39 is 10.2 Å². The van der Waals surface area contributed by atoms with Crippen LogP contribution in [-0.4, -0.2) is 115 Å². The predicted octanol–water partition coefficient (Wildman–Crippen LogP) is 1.08. The number of rotatable bonds is 6. The molecule has 1 aliphatic carbocycles. The van der Waals surface area contributed by atoms with Crippen LogP contribution >= 0.6 is 0 Å². The van der Waals surface area contributed by atoms with Crippen molar-refractivity contribution in [3.63, 3.8) is 0 Å². The number of amides is 2. The first kappa shape index (κ1) is 25.2. The van der Waals surface area contributed by atoms with Gasteiger partial charge in [0.05, 0.1) is 12.3 Å². The van der Waals surface area contributed by atoms with Crippen LogP contribution < -0.4 is 0 Å². The first-order valence-electron chi connectivity index (χ1n) is 12.4. The van der Waals surface area contributed by atoms with Gasteiger partial charge in [0.1, 0.15) is 0 Å². The van der Waals surface area contributed by atoms with Crippen molar-refractivity contribution in [3.8, 4) is 0 Å². The number of nitrogens with zero attached hydrogens (tertiary/aromatic N) is 5. The molecular weight excluding hydrogens is 458 g/mol. The van der Waals surface area contributed by atoms with Crippen molar-refractivity contribution in [2.45, 2.75) is 51.1 Å². The molecule has 3 aliphatic rings. The molecule has 1 atom stereocenters. The Bertz CT molecular complexity index is 931. The van der Waals surface area contributed by atoms with Crippen LogP contribution in [0.25, 0.3) is 0 Å². The van der Waals surface area contributed by atoms with Crippen LogP contribution in [0.5, 0.6) is 0 Å². The lowest BCUT2D eigenvalue weighted by molar-refractivity contribution is -0.138. The van der Waals surface area contributed by atoms with Crippen molar-refractivity contribution in [2.24, 2.45) is 0 Å². The average Bonchev–Trinajstić information content (AvgIpc) is 3.43. The highest BCUT2D eigenvalue weighted by molar-refractivity contribution is 7.86. The van der Waals surface area contributed by atoms with Crippen molar-refractivity contribution >= 4 is 22.0 Å². The van der Waals surface area contributed by atoms with Gasteiger partial charge in [-0.3, -0.25) is 14.5 Å². The number of hydrogen-bond donors (Lipinski definition) is 0. The average molecular weight is 496 g/mol. The Hall–Kier alpha value is -1.95. The lowest BCUT2D eigenvalue weighted by Gasteiger charge is -2.42. The highest BCUT2D eigenvalue weighted by Gasteiger charge is 2.37. The van der Waals surface area contributed by atoms with Gasteiger partial charge in [-0.25, -0.2) is 0 Å². The summed E-state index contributed by atoms with van der Waals surface area (Å²) in [5, 5.41) is 0. The Morgan fingerprint density at radius 3 is 2.18 bits per heavy atom. The number of furan rings is 1. The van der Waals surface area contributed by atoms with Gasteiger partial charge in [0.25, 0.3) is 16.1 Å². The first-order valence-corrected chi connectivity index (χ1v) is 13.8. The van der Waals surface area contributed by atoms with Gasteiger partial charge in [-0.1, -0.05) is 19.3 Å². The molecule has 0 bridgehead atoms. The van der Waals surface area contributed by atoms with Crippen LogP contribution in [0.1, 0.15) is 49.6 Å². The Labute approximate surface area is 202 Å². The minimum atomic E-state index is -3.48. The van der Waals surface area contributed by atoms with Gasteiger partial charge < -0.3 is 14.2 Å². The van der Waals surface area contributed by atoms with E-state index in [1.165, 1.54) is 12.7 Å². The molecule has 0 aromatic carbocycles. The van der Waals surface area contributed by atoms with E-state index in [1.807, 2.05) is 6.92 Å². The van der Waals surface area contributed by atoms with Gasteiger partial charge in [-0.05, 0) is 31.9 Å². The summed E-state index contributed by atoms with van der Waals surface area (Å²) in [5.41, 5.74) is 0. The second-order valence-corrected chi connectivity index (χ2v) is 11.5. The Balaban J connectivity index is 1.26. The van der Waals surface area contributed by atoms with E-state index in [4.69, 9.17) is 4.42 Å². The largest absolute Gasteiger partial charge is 0.459 e. The van der Waals surface area contributed by atoms with E-state index >= 15 is 0 Å². The third-order valence-corrected chi connectivity index (χ3v) is 9.61. The minimum Gasteiger partial charge on any atom is -0.459 e. The second-order valence-electron chi connectivity index (χ2n) is 9.52. The maximum atomic E-state index is 13.1. The van der Waals surface area contributed by atoms with Crippen LogP contribution in [0.15, 0.2) is 22.8 Å². The van der Waals surface area contributed by atoms with E-state index in [0.717, 1.165) is 25.7 Å². The number of piperazine rings is 2. The van der Waals surface area contributed by atoms with E-state index in [9.17, 15) is 18.0 Å².